The summed E-state index contributed by atoms with van der Waals surface area (Å²) in [5.74, 6) is 0.674. The summed E-state index contributed by atoms with van der Waals surface area (Å²) in [7, 11) is 0. The third kappa shape index (κ3) is 2.62. The molecule has 1 atom stereocenters. The number of hydrogen-bond acceptors (Lipinski definition) is 2. The second kappa shape index (κ2) is 5.49. The Morgan fingerprint density at radius 3 is 2.68 bits per heavy atom. The van der Waals surface area contributed by atoms with Crippen molar-refractivity contribution in [3.63, 3.8) is 0 Å². The third-order valence-corrected chi connectivity index (χ3v) is 4.87. The average Bonchev–Trinajstić information content (AvgIpc) is 3.04. The molecular formula is C16H23FN2. The first-order chi connectivity index (χ1) is 9.25. The topological polar surface area (TPSA) is 29.3 Å². The van der Waals surface area contributed by atoms with Gasteiger partial charge in [0, 0.05) is 23.8 Å². The molecule has 0 radical (unpaired) electrons. The highest BCUT2D eigenvalue weighted by molar-refractivity contribution is 5.47. The largest absolute Gasteiger partial charge is 0.398 e. The van der Waals surface area contributed by atoms with Gasteiger partial charge >= 0.3 is 0 Å². The minimum absolute atomic E-state index is 0.155. The van der Waals surface area contributed by atoms with Crippen molar-refractivity contribution >= 4 is 5.69 Å². The molecule has 2 nitrogen and oxygen atoms in total. The highest BCUT2D eigenvalue weighted by Gasteiger charge is 2.33. The first-order valence-corrected chi connectivity index (χ1v) is 7.52. The Balaban J connectivity index is 1.74. The van der Waals surface area contributed by atoms with Crippen molar-refractivity contribution in [2.24, 2.45) is 5.92 Å². The van der Waals surface area contributed by atoms with E-state index in [0.29, 0.717) is 23.8 Å². The lowest BCUT2D eigenvalue weighted by Crippen LogP contribution is -2.34. The van der Waals surface area contributed by atoms with E-state index in [1.165, 1.54) is 44.6 Å². The van der Waals surface area contributed by atoms with E-state index in [9.17, 15) is 4.39 Å². The summed E-state index contributed by atoms with van der Waals surface area (Å²) in [6.45, 7) is 1.77. The van der Waals surface area contributed by atoms with E-state index < -0.39 is 0 Å². The summed E-state index contributed by atoms with van der Waals surface area (Å²) in [4.78, 5) is 2.46. The van der Waals surface area contributed by atoms with Gasteiger partial charge in [0.15, 0.2) is 0 Å². The average molecular weight is 262 g/mol. The number of nitrogens with zero attached hydrogens (tertiary/aromatic N) is 1. The van der Waals surface area contributed by atoms with E-state index in [1.54, 1.807) is 12.1 Å². The predicted molar refractivity (Wildman–Crippen MR) is 76.2 cm³/mol. The molecule has 104 valence electrons. The van der Waals surface area contributed by atoms with Gasteiger partial charge in [-0.05, 0) is 50.3 Å². The van der Waals surface area contributed by atoms with Crippen LogP contribution in [0, 0.1) is 11.7 Å². The van der Waals surface area contributed by atoms with Crippen LogP contribution in [-0.2, 0) is 6.54 Å². The van der Waals surface area contributed by atoms with Gasteiger partial charge in [0.25, 0.3) is 0 Å². The zero-order valence-corrected chi connectivity index (χ0v) is 11.4. The van der Waals surface area contributed by atoms with Crippen molar-refractivity contribution in [2.45, 2.75) is 51.1 Å². The van der Waals surface area contributed by atoms with Gasteiger partial charge in [0.1, 0.15) is 5.82 Å². The molecule has 0 amide bonds. The summed E-state index contributed by atoms with van der Waals surface area (Å²) in [5.41, 5.74) is 7.21. The lowest BCUT2D eigenvalue weighted by molar-refractivity contribution is 0.181. The molecule has 3 heteroatoms. The van der Waals surface area contributed by atoms with Crippen LogP contribution >= 0.6 is 0 Å². The molecule has 0 aromatic heterocycles. The first kappa shape index (κ1) is 12.9. The Bertz CT molecular complexity index is 420. The normalized spacial score (nSPS) is 25.2. The molecule has 2 N–H and O–H groups in total. The molecule has 1 aliphatic heterocycles. The Morgan fingerprint density at radius 1 is 1.16 bits per heavy atom. The monoisotopic (exact) mass is 262 g/mol. The van der Waals surface area contributed by atoms with Crippen LogP contribution in [0.5, 0.6) is 0 Å². The Kier molecular flexibility index (Phi) is 3.74. The fourth-order valence-electron chi connectivity index (χ4n) is 3.87. The second-order valence-corrected chi connectivity index (χ2v) is 6.03. The molecule has 2 aliphatic rings. The van der Waals surface area contributed by atoms with Crippen molar-refractivity contribution in [1.29, 1.82) is 0 Å². The molecule has 19 heavy (non-hydrogen) atoms. The molecule has 0 spiro atoms. The quantitative estimate of drug-likeness (QED) is 0.844. The SMILES string of the molecule is Nc1cccc(F)c1CN1CCCC1C1CCCC1. The van der Waals surface area contributed by atoms with E-state index in [-0.39, 0.29) is 5.82 Å². The molecule has 1 saturated heterocycles. The summed E-state index contributed by atoms with van der Waals surface area (Å²) >= 11 is 0. The van der Waals surface area contributed by atoms with Crippen molar-refractivity contribution in [2.75, 3.05) is 12.3 Å². The highest BCUT2D eigenvalue weighted by Crippen LogP contribution is 2.36. The van der Waals surface area contributed by atoms with Crippen molar-refractivity contribution in [3.05, 3.63) is 29.6 Å². The van der Waals surface area contributed by atoms with Gasteiger partial charge in [-0.15, -0.1) is 0 Å². The lowest BCUT2D eigenvalue weighted by Gasteiger charge is -2.29. The van der Waals surface area contributed by atoms with E-state index in [1.807, 2.05) is 0 Å². The van der Waals surface area contributed by atoms with Crippen molar-refractivity contribution in [1.82, 2.24) is 4.90 Å². The zero-order chi connectivity index (χ0) is 13.2. The maximum Gasteiger partial charge on any atom is 0.129 e. The number of anilines is 1. The van der Waals surface area contributed by atoms with Gasteiger partial charge < -0.3 is 5.73 Å². The third-order valence-electron chi connectivity index (χ3n) is 4.87. The van der Waals surface area contributed by atoms with Gasteiger partial charge in [-0.3, -0.25) is 4.90 Å². The summed E-state index contributed by atoms with van der Waals surface area (Å²) < 4.78 is 13.9. The van der Waals surface area contributed by atoms with Gasteiger partial charge in [0.2, 0.25) is 0 Å². The van der Waals surface area contributed by atoms with Gasteiger partial charge in [-0.2, -0.15) is 0 Å². The van der Waals surface area contributed by atoms with Crippen LogP contribution < -0.4 is 5.73 Å². The highest BCUT2D eigenvalue weighted by atomic mass is 19.1. The van der Waals surface area contributed by atoms with E-state index >= 15 is 0 Å². The van der Waals surface area contributed by atoms with Gasteiger partial charge in [0.05, 0.1) is 0 Å². The molecule has 1 unspecified atom stereocenters. The molecule has 0 bridgehead atoms. The zero-order valence-electron chi connectivity index (χ0n) is 11.4. The van der Waals surface area contributed by atoms with Crippen LogP contribution in [0.25, 0.3) is 0 Å². The first-order valence-electron chi connectivity index (χ1n) is 7.52. The van der Waals surface area contributed by atoms with Crippen molar-refractivity contribution < 1.29 is 4.39 Å². The Hall–Kier alpha value is -1.09. The van der Waals surface area contributed by atoms with Crippen LogP contribution in [0.15, 0.2) is 18.2 Å². The fourth-order valence-corrected chi connectivity index (χ4v) is 3.87. The van der Waals surface area contributed by atoms with Gasteiger partial charge in [-0.1, -0.05) is 18.9 Å². The molecule has 1 aromatic rings. The minimum Gasteiger partial charge on any atom is -0.398 e. The number of halogens is 1. The number of rotatable bonds is 3. The molecule has 1 heterocycles. The van der Waals surface area contributed by atoms with Crippen LogP contribution in [-0.4, -0.2) is 17.5 Å². The second-order valence-electron chi connectivity index (χ2n) is 6.03. The number of nitrogens with two attached hydrogens (primary N) is 1. The Morgan fingerprint density at radius 2 is 1.95 bits per heavy atom. The number of nitrogen functional groups attached to an aromatic ring is 1. The smallest absolute Gasteiger partial charge is 0.129 e. The number of benzene rings is 1. The molecule has 2 fully saturated rings. The fraction of sp³-hybridized carbons (Fsp3) is 0.625. The number of hydrogen-bond donors (Lipinski definition) is 1. The number of likely N-dealkylation sites (tertiary alicyclic amines) is 1. The predicted octanol–water partition coefficient (Wildman–Crippen LogP) is 3.56. The summed E-state index contributed by atoms with van der Waals surface area (Å²) in [6.07, 6.45) is 7.98. The maximum absolute atomic E-state index is 13.9. The summed E-state index contributed by atoms with van der Waals surface area (Å²) in [6, 6.07) is 5.67. The maximum atomic E-state index is 13.9. The standard InChI is InChI=1S/C16H23FN2/c17-14-7-3-8-15(18)13(14)11-19-10-4-9-16(19)12-5-1-2-6-12/h3,7-8,12,16H,1-2,4-6,9-11,18H2. The molecule has 3 rings (SSSR count). The summed E-state index contributed by atoms with van der Waals surface area (Å²) in [5, 5.41) is 0. The van der Waals surface area contributed by atoms with E-state index in [4.69, 9.17) is 5.73 Å². The van der Waals surface area contributed by atoms with Crippen LogP contribution in [0.1, 0.15) is 44.1 Å². The Labute approximate surface area is 114 Å². The lowest BCUT2D eigenvalue weighted by atomic mass is 9.95. The molecule has 1 aromatic carbocycles. The van der Waals surface area contributed by atoms with Crippen LogP contribution in [0.3, 0.4) is 0 Å². The molecule has 1 aliphatic carbocycles. The minimum atomic E-state index is -0.155. The molecule has 1 saturated carbocycles. The van der Waals surface area contributed by atoms with E-state index in [2.05, 4.69) is 4.90 Å². The van der Waals surface area contributed by atoms with Crippen molar-refractivity contribution in [3.8, 4) is 0 Å². The van der Waals surface area contributed by atoms with Crippen LogP contribution in [0.4, 0.5) is 10.1 Å². The van der Waals surface area contributed by atoms with Gasteiger partial charge in [-0.25, -0.2) is 4.39 Å². The van der Waals surface area contributed by atoms with E-state index in [0.717, 1.165) is 12.5 Å². The van der Waals surface area contributed by atoms with Crippen LogP contribution in [0.2, 0.25) is 0 Å². The molecular weight excluding hydrogens is 239 g/mol.